The van der Waals surface area contributed by atoms with Gasteiger partial charge < -0.3 is 4.74 Å². The number of urea groups is 1. The van der Waals surface area contributed by atoms with Crippen molar-refractivity contribution in [2.75, 3.05) is 11.9 Å². The largest absolute Gasteiger partial charge is 0.455 e. The van der Waals surface area contributed by atoms with Crippen LogP contribution in [-0.2, 0) is 4.79 Å². The van der Waals surface area contributed by atoms with E-state index in [0.29, 0.717) is 29.6 Å². The van der Waals surface area contributed by atoms with Crippen LogP contribution in [0.25, 0.3) is 11.3 Å². The van der Waals surface area contributed by atoms with Crippen LogP contribution in [0.3, 0.4) is 0 Å². The first-order valence-corrected chi connectivity index (χ1v) is 11.1. The third-order valence-corrected chi connectivity index (χ3v) is 6.49. The molecule has 1 spiro atoms. The Hall–Kier alpha value is -3.81. The summed E-state index contributed by atoms with van der Waals surface area (Å²) in [5.74, 6) is 1.53. The Labute approximate surface area is 192 Å². The predicted octanol–water partition coefficient (Wildman–Crippen LogP) is 4.88. The van der Waals surface area contributed by atoms with E-state index < -0.39 is 6.03 Å². The van der Waals surface area contributed by atoms with Gasteiger partial charge in [0, 0.05) is 36.3 Å². The second-order valence-electron chi connectivity index (χ2n) is 8.72. The van der Waals surface area contributed by atoms with Crippen molar-refractivity contribution in [3.8, 4) is 22.8 Å². The van der Waals surface area contributed by atoms with Gasteiger partial charge in [-0.15, -0.1) is 0 Å². The Morgan fingerprint density at radius 3 is 2.58 bits per heavy atom. The Bertz CT molecular complexity index is 1240. The van der Waals surface area contributed by atoms with Gasteiger partial charge in [0.15, 0.2) is 0 Å². The Kier molecular flexibility index (Phi) is 5.28. The van der Waals surface area contributed by atoms with E-state index in [2.05, 4.69) is 20.3 Å². The lowest BCUT2D eigenvalue weighted by atomic mass is 9.68. The molecule has 3 aromatic heterocycles. The van der Waals surface area contributed by atoms with Crippen molar-refractivity contribution in [2.45, 2.75) is 39.5 Å². The average molecular weight is 444 g/mol. The topological polar surface area (TPSA) is 97.3 Å². The molecule has 2 fully saturated rings. The summed E-state index contributed by atoms with van der Waals surface area (Å²) in [5.41, 5.74) is 2.98. The minimum Gasteiger partial charge on any atom is -0.455 e. The number of carbonyl (C=O) groups is 2. The molecule has 8 heteroatoms. The molecule has 1 saturated carbocycles. The zero-order chi connectivity index (χ0) is 23.0. The molecule has 5 rings (SSSR count). The standard InChI is InChI=1S/C25H25N5O3/c1-16-14-18(6-11-26-16)20-15-19(7-12-27-20)33-21-4-5-22(28-17(21)2)29-24(32)30-13-10-25(23(30)31)8-3-9-25/h4-7,11-12,14-15H,3,8-10,13H2,1-2H3,(H,28,29,32). The van der Waals surface area contributed by atoms with Gasteiger partial charge in [0.1, 0.15) is 17.3 Å². The van der Waals surface area contributed by atoms with Crippen molar-refractivity contribution < 1.29 is 14.3 Å². The molecule has 0 radical (unpaired) electrons. The SMILES string of the molecule is Cc1cc(-c2cc(Oc3ccc(NC(=O)N4CCC5(CCC5)C4=O)nc3C)ccn2)ccn1. The number of hydrogen-bond acceptors (Lipinski definition) is 6. The summed E-state index contributed by atoms with van der Waals surface area (Å²) in [6.07, 6.45) is 7.03. The highest BCUT2D eigenvalue weighted by atomic mass is 16.5. The van der Waals surface area contributed by atoms with Crippen LogP contribution in [0.15, 0.2) is 48.8 Å². The summed E-state index contributed by atoms with van der Waals surface area (Å²) in [6, 6.07) is 10.5. The molecule has 1 N–H and O–H groups in total. The van der Waals surface area contributed by atoms with E-state index in [1.165, 1.54) is 4.90 Å². The minimum absolute atomic E-state index is 0.0548. The smallest absolute Gasteiger partial charge is 0.329 e. The highest BCUT2D eigenvalue weighted by Crippen LogP contribution is 2.49. The summed E-state index contributed by atoms with van der Waals surface area (Å²) < 4.78 is 6.03. The van der Waals surface area contributed by atoms with Gasteiger partial charge >= 0.3 is 6.03 Å². The number of anilines is 1. The van der Waals surface area contributed by atoms with E-state index in [-0.39, 0.29) is 11.3 Å². The van der Waals surface area contributed by atoms with Crippen LogP contribution in [0.4, 0.5) is 10.6 Å². The summed E-state index contributed by atoms with van der Waals surface area (Å²) >= 11 is 0. The molecule has 1 saturated heterocycles. The lowest BCUT2D eigenvalue weighted by Gasteiger charge is -2.35. The second kappa shape index (κ2) is 8.27. The van der Waals surface area contributed by atoms with Gasteiger partial charge in [-0.05, 0) is 63.4 Å². The third-order valence-electron chi connectivity index (χ3n) is 6.49. The first-order valence-electron chi connectivity index (χ1n) is 11.1. The van der Waals surface area contributed by atoms with Gasteiger partial charge in [-0.2, -0.15) is 0 Å². The van der Waals surface area contributed by atoms with Crippen LogP contribution >= 0.6 is 0 Å². The fourth-order valence-electron chi connectivity index (χ4n) is 4.45. The van der Waals surface area contributed by atoms with Gasteiger partial charge in [-0.3, -0.25) is 25.0 Å². The van der Waals surface area contributed by atoms with Crippen LogP contribution in [0.2, 0.25) is 0 Å². The first kappa shape index (κ1) is 21.1. The number of carbonyl (C=O) groups excluding carboxylic acids is 2. The predicted molar refractivity (Wildman–Crippen MR) is 123 cm³/mol. The molecular formula is C25H25N5O3. The highest BCUT2D eigenvalue weighted by Gasteiger charge is 2.52. The highest BCUT2D eigenvalue weighted by molar-refractivity contribution is 6.04. The maximum atomic E-state index is 12.6. The quantitative estimate of drug-likeness (QED) is 0.617. The van der Waals surface area contributed by atoms with E-state index in [9.17, 15) is 9.59 Å². The molecule has 3 amide bonds. The number of pyridine rings is 3. The van der Waals surface area contributed by atoms with Gasteiger partial charge in [-0.1, -0.05) is 6.42 Å². The Morgan fingerprint density at radius 2 is 1.88 bits per heavy atom. The maximum absolute atomic E-state index is 12.6. The van der Waals surface area contributed by atoms with Crippen molar-refractivity contribution >= 4 is 17.8 Å². The molecule has 2 aliphatic rings. The van der Waals surface area contributed by atoms with Crippen molar-refractivity contribution in [3.05, 3.63) is 60.2 Å². The molecule has 33 heavy (non-hydrogen) atoms. The molecule has 8 nitrogen and oxygen atoms in total. The van der Waals surface area contributed by atoms with Crippen LogP contribution in [0, 0.1) is 19.3 Å². The molecule has 168 valence electrons. The number of hydrogen-bond donors (Lipinski definition) is 1. The van der Waals surface area contributed by atoms with Crippen LogP contribution in [-0.4, -0.2) is 38.3 Å². The Morgan fingerprint density at radius 1 is 1.06 bits per heavy atom. The lowest BCUT2D eigenvalue weighted by Crippen LogP contribution is -2.43. The molecule has 0 bridgehead atoms. The molecule has 3 aromatic rings. The number of amides is 3. The zero-order valence-electron chi connectivity index (χ0n) is 18.7. The maximum Gasteiger partial charge on any atom is 0.329 e. The van der Waals surface area contributed by atoms with Crippen molar-refractivity contribution in [2.24, 2.45) is 5.41 Å². The zero-order valence-corrected chi connectivity index (χ0v) is 18.7. The Balaban J connectivity index is 1.27. The van der Waals surface area contributed by atoms with Crippen LogP contribution in [0.1, 0.15) is 37.1 Å². The minimum atomic E-state index is -0.421. The number of ether oxygens (including phenoxy) is 1. The van der Waals surface area contributed by atoms with Gasteiger partial charge in [-0.25, -0.2) is 9.78 Å². The molecule has 1 aliphatic heterocycles. The number of nitrogens with one attached hydrogen (secondary N) is 1. The summed E-state index contributed by atoms with van der Waals surface area (Å²) in [7, 11) is 0. The van der Waals surface area contributed by atoms with Crippen LogP contribution in [0.5, 0.6) is 11.5 Å². The number of rotatable bonds is 4. The average Bonchev–Trinajstić information content (AvgIpc) is 3.13. The molecule has 0 atom stereocenters. The fraction of sp³-hybridized carbons (Fsp3) is 0.320. The molecule has 4 heterocycles. The van der Waals surface area contributed by atoms with Gasteiger partial charge in [0.2, 0.25) is 5.91 Å². The van der Waals surface area contributed by atoms with E-state index in [1.807, 2.05) is 32.0 Å². The number of likely N-dealkylation sites (tertiary alicyclic amines) is 1. The van der Waals surface area contributed by atoms with Crippen molar-refractivity contribution in [1.82, 2.24) is 19.9 Å². The van der Waals surface area contributed by atoms with E-state index in [0.717, 1.165) is 42.6 Å². The van der Waals surface area contributed by atoms with Crippen molar-refractivity contribution in [3.63, 3.8) is 0 Å². The molecular weight excluding hydrogens is 418 g/mol. The van der Waals surface area contributed by atoms with E-state index in [1.54, 1.807) is 30.6 Å². The van der Waals surface area contributed by atoms with Crippen molar-refractivity contribution in [1.29, 1.82) is 0 Å². The van der Waals surface area contributed by atoms with Gasteiger partial charge in [0.05, 0.1) is 16.8 Å². The number of nitrogens with zero attached hydrogens (tertiary/aromatic N) is 4. The number of aromatic nitrogens is 3. The summed E-state index contributed by atoms with van der Waals surface area (Å²) in [4.78, 5) is 39.7. The normalized spacial score (nSPS) is 16.5. The second-order valence-corrected chi connectivity index (χ2v) is 8.72. The van der Waals surface area contributed by atoms with E-state index >= 15 is 0 Å². The monoisotopic (exact) mass is 443 g/mol. The third kappa shape index (κ3) is 4.04. The molecule has 0 aromatic carbocycles. The summed E-state index contributed by atoms with van der Waals surface area (Å²) in [5, 5.41) is 2.75. The number of imide groups is 1. The van der Waals surface area contributed by atoms with Crippen LogP contribution < -0.4 is 10.1 Å². The van der Waals surface area contributed by atoms with Gasteiger partial charge in [0.25, 0.3) is 0 Å². The lowest BCUT2D eigenvalue weighted by molar-refractivity contribution is -0.137. The summed E-state index contributed by atoms with van der Waals surface area (Å²) in [6.45, 7) is 4.21. The molecule has 1 aliphatic carbocycles. The molecule has 0 unspecified atom stereocenters. The first-order chi connectivity index (χ1) is 15.9. The fourth-order valence-corrected chi connectivity index (χ4v) is 4.45. The van der Waals surface area contributed by atoms with E-state index in [4.69, 9.17) is 4.74 Å². The number of aryl methyl sites for hydroxylation is 2.